The molecule has 0 radical (unpaired) electrons. The third-order valence-corrected chi connectivity index (χ3v) is 7.56. The second-order valence-corrected chi connectivity index (χ2v) is 10.9. The number of hydrogen-bond acceptors (Lipinski definition) is 4. The Hall–Kier alpha value is -4.05. The van der Waals surface area contributed by atoms with Gasteiger partial charge in [-0.3, -0.25) is 19.5 Å². The first-order valence-electron chi connectivity index (χ1n) is 12.7. The van der Waals surface area contributed by atoms with E-state index in [9.17, 15) is 9.59 Å². The lowest BCUT2D eigenvalue weighted by Gasteiger charge is -2.41. The van der Waals surface area contributed by atoms with Crippen LogP contribution in [0.4, 0.5) is 4.39 Å². The zero-order chi connectivity index (χ0) is 25.9. The number of likely N-dealkylation sites (tertiary alicyclic amines) is 1. The Morgan fingerprint density at radius 3 is 2.43 bits per heavy atom. The molecule has 0 atom stereocenters. The second kappa shape index (κ2) is 8.52. The molecule has 1 saturated carbocycles. The third kappa shape index (κ3) is 4.17. The van der Waals surface area contributed by atoms with Crippen LogP contribution in [-0.4, -0.2) is 52.6 Å². The first-order valence-corrected chi connectivity index (χ1v) is 12.7. The molecule has 1 saturated heterocycles. The Labute approximate surface area is 215 Å². The van der Waals surface area contributed by atoms with E-state index in [1.807, 2.05) is 41.3 Å². The minimum atomic E-state index is -0.964. The molecule has 3 aromatic rings. The number of hydrogen-bond donors (Lipinski definition) is 0. The number of carbonyl (C=O) groups excluding carboxylic acids is 2. The number of aliphatic imine (C=N–C) groups is 1. The highest BCUT2D eigenvalue weighted by Crippen LogP contribution is 2.35. The molecule has 2 heterocycles. The van der Waals surface area contributed by atoms with Crippen LogP contribution >= 0.6 is 0 Å². The average molecular weight is 495 g/mol. The molecular formula is C30H27FN4O2. The highest BCUT2D eigenvalue weighted by Gasteiger charge is 2.45. The van der Waals surface area contributed by atoms with E-state index in [0.717, 1.165) is 34.7 Å². The van der Waals surface area contributed by atoms with E-state index < -0.39 is 11.4 Å². The molecule has 2 amide bonds. The number of benzene rings is 3. The zero-order valence-corrected chi connectivity index (χ0v) is 20.9. The van der Waals surface area contributed by atoms with Crippen molar-refractivity contribution in [2.45, 2.75) is 32.2 Å². The predicted octanol–water partition coefficient (Wildman–Crippen LogP) is 4.75. The summed E-state index contributed by atoms with van der Waals surface area (Å²) < 4.78 is 15.5. The number of rotatable bonds is 5. The summed E-state index contributed by atoms with van der Waals surface area (Å²) >= 11 is 0. The maximum atomic E-state index is 15.5. The van der Waals surface area contributed by atoms with Crippen LogP contribution in [0.1, 0.15) is 37.8 Å². The SMILES string of the molecule is CC1(C)N=C(c2ccc(-c3ccc4cc(C#N)ccc4c3)cc2F)N(CC2CN(C(=O)C3CC3)C2)C1=O. The highest BCUT2D eigenvalue weighted by atomic mass is 19.1. The van der Waals surface area contributed by atoms with Crippen molar-refractivity contribution in [2.24, 2.45) is 16.8 Å². The second-order valence-electron chi connectivity index (χ2n) is 10.9. The highest BCUT2D eigenvalue weighted by molar-refractivity contribution is 6.15. The van der Waals surface area contributed by atoms with Crippen molar-refractivity contribution in [3.05, 3.63) is 71.5 Å². The summed E-state index contributed by atoms with van der Waals surface area (Å²) in [5, 5.41) is 11.0. The van der Waals surface area contributed by atoms with Crippen molar-refractivity contribution < 1.29 is 14.0 Å². The fraction of sp³-hybridized carbons (Fsp3) is 0.333. The maximum absolute atomic E-state index is 15.5. The predicted molar refractivity (Wildman–Crippen MR) is 139 cm³/mol. The minimum absolute atomic E-state index is 0.149. The van der Waals surface area contributed by atoms with Crippen molar-refractivity contribution in [2.75, 3.05) is 19.6 Å². The van der Waals surface area contributed by atoms with Gasteiger partial charge < -0.3 is 4.90 Å². The summed E-state index contributed by atoms with van der Waals surface area (Å²) in [5.41, 5.74) is 1.51. The van der Waals surface area contributed by atoms with Crippen molar-refractivity contribution in [1.82, 2.24) is 9.80 Å². The molecule has 0 bridgehead atoms. The lowest BCUT2D eigenvalue weighted by atomic mass is 9.97. The van der Waals surface area contributed by atoms with Gasteiger partial charge in [-0.15, -0.1) is 0 Å². The first-order chi connectivity index (χ1) is 17.7. The fourth-order valence-corrected chi connectivity index (χ4v) is 5.26. The molecule has 0 unspecified atom stereocenters. The monoisotopic (exact) mass is 494 g/mol. The van der Waals surface area contributed by atoms with Gasteiger partial charge in [0, 0.05) is 31.5 Å². The lowest BCUT2D eigenvalue weighted by Crippen LogP contribution is -2.55. The van der Waals surface area contributed by atoms with E-state index >= 15 is 4.39 Å². The van der Waals surface area contributed by atoms with E-state index in [-0.39, 0.29) is 23.7 Å². The van der Waals surface area contributed by atoms with Crippen molar-refractivity contribution >= 4 is 28.4 Å². The van der Waals surface area contributed by atoms with Crippen molar-refractivity contribution in [1.29, 1.82) is 5.26 Å². The molecule has 1 aliphatic carbocycles. The molecule has 0 aromatic heterocycles. The lowest BCUT2D eigenvalue weighted by molar-refractivity contribution is -0.140. The topological polar surface area (TPSA) is 76.8 Å². The summed E-state index contributed by atoms with van der Waals surface area (Å²) in [7, 11) is 0. The van der Waals surface area contributed by atoms with E-state index in [0.29, 0.717) is 36.6 Å². The molecular weight excluding hydrogens is 467 g/mol. The quantitative estimate of drug-likeness (QED) is 0.514. The van der Waals surface area contributed by atoms with Crippen LogP contribution in [0.3, 0.4) is 0 Å². The van der Waals surface area contributed by atoms with Crippen LogP contribution in [0.5, 0.6) is 0 Å². The van der Waals surface area contributed by atoms with Crippen LogP contribution in [0.15, 0.2) is 59.6 Å². The van der Waals surface area contributed by atoms with E-state index in [4.69, 9.17) is 5.26 Å². The van der Waals surface area contributed by atoms with Gasteiger partial charge >= 0.3 is 0 Å². The van der Waals surface area contributed by atoms with Gasteiger partial charge in [-0.25, -0.2) is 4.39 Å². The molecule has 7 heteroatoms. The van der Waals surface area contributed by atoms with E-state index in [2.05, 4.69) is 11.1 Å². The number of halogens is 1. The summed E-state index contributed by atoms with van der Waals surface area (Å²) in [6.07, 6.45) is 1.96. The number of amides is 2. The standard InChI is InChI=1S/C30H27FN4O2/c1-30(2)29(37)35(17-19-15-34(16-19)28(36)20-5-6-20)27(33-30)25-10-9-24(13-26(25)31)23-8-7-21-11-18(14-32)3-4-22(21)12-23/h3-4,7-13,19-20H,5-6,15-17H2,1-2H3. The van der Waals surface area contributed by atoms with Gasteiger partial charge in [0.2, 0.25) is 5.91 Å². The smallest absolute Gasteiger partial charge is 0.255 e. The van der Waals surface area contributed by atoms with Gasteiger partial charge in [0.25, 0.3) is 5.91 Å². The third-order valence-electron chi connectivity index (χ3n) is 7.56. The summed E-state index contributed by atoms with van der Waals surface area (Å²) in [4.78, 5) is 33.5. The summed E-state index contributed by atoms with van der Waals surface area (Å²) in [5.74, 6) is 0.338. The molecule has 0 spiro atoms. The van der Waals surface area contributed by atoms with Gasteiger partial charge in [-0.1, -0.05) is 24.3 Å². The van der Waals surface area contributed by atoms with Gasteiger partial charge in [-0.05, 0) is 78.9 Å². The molecule has 37 heavy (non-hydrogen) atoms. The Morgan fingerprint density at radius 2 is 1.73 bits per heavy atom. The normalized spacial score (nSPS) is 19.1. The molecule has 2 fully saturated rings. The van der Waals surface area contributed by atoms with Gasteiger partial charge in [0.1, 0.15) is 17.2 Å². The number of amidine groups is 1. The molecule has 2 aliphatic heterocycles. The zero-order valence-electron chi connectivity index (χ0n) is 20.9. The van der Waals surface area contributed by atoms with Crippen LogP contribution in [0, 0.1) is 29.0 Å². The van der Waals surface area contributed by atoms with Gasteiger partial charge in [0.05, 0.1) is 17.2 Å². The molecule has 3 aliphatic rings. The van der Waals surface area contributed by atoms with Gasteiger partial charge in [-0.2, -0.15) is 5.26 Å². The number of carbonyl (C=O) groups is 2. The van der Waals surface area contributed by atoms with E-state index in [1.165, 1.54) is 6.07 Å². The van der Waals surface area contributed by atoms with Crippen molar-refractivity contribution in [3.63, 3.8) is 0 Å². The Morgan fingerprint density at radius 1 is 1.05 bits per heavy atom. The molecule has 3 aromatic carbocycles. The van der Waals surface area contributed by atoms with Crippen molar-refractivity contribution in [3.8, 4) is 17.2 Å². The molecule has 6 rings (SSSR count). The largest absolute Gasteiger partial charge is 0.342 e. The van der Waals surface area contributed by atoms with Crippen LogP contribution < -0.4 is 0 Å². The fourth-order valence-electron chi connectivity index (χ4n) is 5.26. The molecule has 186 valence electrons. The summed E-state index contributed by atoms with van der Waals surface area (Å²) in [6.45, 7) is 5.18. The number of fused-ring (bicyclic) bond motifs is 1. The van der Waals surface area contributed by atoms with Crippen LogP contribution in [-0.2, 0) is 9.59 Å². The van der Waals surface area contributed by atoms with E-state index in [1.54, 1.807) is 30.9 Å². The summed E-state index contributed by atoms with van der Waals surface area (Å²) in [6, 6.07) is 18.5. The molecule has 6 nitrogen and oxygen atoms in total. The number of nitriles is 1. The Balaban J connectivity index is 1.24. The minimum Gasteiger partial charge on any atom is -0.342 e. The first kappa shape index (κ1) is 23.4. The Kier molecular flexibility index (Phi) is 5.38. The van der Waals surface area contributed by atoms with Crippen LogP contribution in [0.25, 0.3) is 21.9 Å². The van der Waals surface area contributed by atoms with Gasteiger partial charge in [0.15, 0.2) is 0 Å². The van der Waals surface area contributed by atoms with Crippen LogP contribution in [0.2, 0.25) is 0 Å². The number of nitrogens with zero attached hydrogens (tertiary/aromatic N) is 4. The maximum Gasteiger partial charge on any atom is 0.255 e. The average Bonchev–Trinajstić information content (AvgIpc) is 3.68. The Bertz CT molecular complexity index is 1530. The molecule has 0 N–H and O–H groups in total.